The van der Waals surface area contributed by atoms with Gasteiger partial charge in [0.25, 0.3) is 0 Å². The number of unbranched alkanes of at least 4 members (excludes halogenated alkanes) is 1. The first-order valence-electron chi connectivity index (χ1n) is 5.62. The number of rotatable bonds is 5. The Morgan fingerprint density at radius 2 is 2.00 bits per heavy atom. The zero-order chi connectivity index (χ0) is 13.1. The lowest BCUT2D eigenvalue weighted by Gasteiger charge is -2.17. The van der Waals surface area contributed by atoms with Gasteiger partial charge in [-0.1, -0.05) is 31.0 Å². The highest BCUT2D eigenvalue weighted by Crippen LogP contribution is 2.25. The van der Waals surface area contributed by atoms with E-state index in [-0.39, 0.29) is 9.92 Å². The summed E-state index contributed by atoms with van der Waals surface area (Å²) in [6, 6.07) is 4.99. The van der Waals surface area contributed by atoms with E-state index in [1.807, 2.05) is 13.8 Å². The van der Waals surface area contributed by atoms with Crippen LogP contribution in [0.25, 0.3) is 0 Å². The van der Waals surface area contributed by atoms with Gasteiger partial charge >= 0.3 is 0 Å². The molecular formula is C12H18ClNO2S. The fraction of sp³-hybridized carbons (Fsp3) is 0.500. The smallest absolute Gasteiger partial charge is 0.207 e. The van der Waals surface area contributed by atoms with Gasteiger partial charge in [0.1, 0.15) is 4.90 Å². The molecule has 0 radical (unpaired) electrons. The summed E-state index contributed by atoms with van der Waals surface area (Å²) in [5, 5.41) is 0.286. The molecule has 0 bridgehead atoms. The number of aryl methyl sites for hydroxylation is 1. The summed E-state index contributed by atoms with van der Waals surface area (Å²) < 4.78 is 25.8. The van der Waals surface area contributed by atoms with Gasteiger partial charge in [0, 0.05) is 13.6 Å². The lowest BCUT2D eigenvalue weighted by atomic mass is 10.2. The molecule has 1 aromatic rings. The van der Waals surface area contributed by atoms with Crippen LogP contribution in [0.4, 0.5) is 0 Å². The molecule has 0 fully saturated rings. The van der Waals surface area contributed by atoms with Crippen LogP contribution < -0.4 is 0 Å². The molecule has 0 aliphatic carbocycles. The average Bonchev–Trinajstić information content (AvgIpc) is 2.25. The summed E-state index contributed by atoms with van der Waals surface area (Å²) in [5.41, 5.74) is 0.949. The van der Waals surface area contributed by atoms with Crippen LogP contribution in [0.15, 0.2) is 23.1 Å². The van der Waals surface area contributed by atoms with E-state index < -0.39 is 10.0 Å². The lowest BCUT2D eigenvalue weighted by Crippen LogP contribution is -2.28. The van der Waals surface area contributed by atoms with Crippen LogP contribution in [0.1, 0.15) is 25.3 Å². The van der Waals surface area contributed by atoms with Crippen molar-refractivity contribution in [1.82, 2.24) is 4.31 Å². The molecular weight excluding hydrogens is 258 g/mol. The predicted octanol–water partition coefficient (Wildman–Crippen LogP) is 3.07. The van der Waals surface area contributed by atoms with E-state index in [1.165, 1.54) is 4.31 Å². The van der Waals surface area contributed by atoms with Crippen molar-refractivity contribution in [3.63, 3.8) is 0 Å². The Balaban J connectivity index is 3.04. The monoisotopic (exact) mass is 275 g/mol. The standard InChI is InChI=1S/C12H18ClNO2S/c1-4-5-8-14(3)17(15,16)12-7-6-10(2)9-11(12)13/h6-7,9H,4-5,8H2,1-3H3. The number of halogens is 1. The number of hydrogen-bond acceptors (Lipinski definition) is 2. The summed E-state index contributed by atoms with van der Waals surface area (Å²) in [6.07, 6.45) is 1.81. The van der Waals surface area contributed by atoms with Gasteiger partial charge in [0.15, 0.2) is 0 Å². The molecule has 0 saturated carbocycles. The van der Waals surface area contributed by atoms with Crippen LogP contribution in [-0.2, 0) is 10.0 Å². The van der Waals surface area contributed by atoms with Crippen LogP contribution in [0.2, 0.25) is 5.02 Å². The highest BCUT2D eigenvalue weighted by Gasteiger charge is 2.22. The van der Waals surface area contributed by atoms with Gasteiger partial charge in [0.05, 0.1) is 5.02 Å². The summed E-state index contributed by atoms with van der Waals surface area (Å²) in [7, 11) is -1.87. The third kappa shape index (κ3) is 3.44. The van der Waals surface area contributed by atoms with Gasteiger partial charge in [-0.3, -0.25) is 0 Å². The average molecular weight is 276 g/mol. The Morgan fingerprint density at radius 3 is 2.53 bits per heavy atom. The van der Waals surface area contributed by atoms with E-state index in [0.29, 0.717) is 6.54 Å². The van der Waals surface area contributed by atoms with Crippen molar-refractivity contribution in [2.45, 2.75) is 31.6 Å². The molecule has 17 heavy (non-hydrogen) atoms. The van der Waals surface area contributed by atoms with Gasteiger partial charge in [-0.05, 0) is 31.0 Å². The number of benzene rings is 1. The van der Waals surface area contributed by atoms with Crippen molar-refractivity contribution in [2.75, 3.05) is 13.6 Å². The molecule has 0 amide bonds. The summed E-state index contributed by atoms with van der Waals surface area (Å²) in [5.74, 6) is 0. The fourth-order valence-electron chi connectivity index (χ4n) is 1.48. The van der Waals surface area contributed by atoms with Crippen LogP contribution >= 0.6 is 11.6 Å². The van der Waals surface area contributed by atoms with Crippen molar-refractivity contribution >= 4 is 21.6 Å². The second kappa shape index (κ2) is 5.85. The Hall–Kier alpha value is -0.580. The molecule has 5 heteroatoms. The van der Waals surface area contributed by atoms with Crippen LogP contribution in [-0.4, -0.2) is 26.3 Å². The van der Waals surface area contributed by atoms with Crippen molar-refractivity contribution < 1.29 is 8.42 Å². The first-order chi connectivity index (χ1) is 7.89. The zero-order valence-electron chi connectivity index (χ0n) is 10.4. The Bertz CT molecular complexity index is 485. The van der Waals surface area contributed by atoms with E-state index in [0.717, 1.165) is 18.4 Å². The maximum absolute atomic E-state index is 12.2. The van der Waals surface area contributed by atoms with Gasteiger partial charge in [-0.25, -0.2) is 12.7 Å². The van der Waals surface area contributed by atoms with Crippen molar-refractivity contribution in [3.05, 3.63) is 28.8 Å². The largest absolute Gasteiger partial charge is 0.244 e. The third-order valence-electron chi connectivity index (χ3n) is 2.60. The number of nitrogens with zero attached hydrogens (tertiary/aromatic N) is 1. The van der Waals surface area contributed by atoms with E-state index >= 15 is 0 Å². The highest BCUT2D eigenvalue weighted by molar-refractivity contribution is 7.89. The van der Waals surface area contributed by atoms with Crippen LogP contribution in [0.3, 0.4) is 0 Å². The predicted molar refractivity (Wildman–Crippen MR) is 70.9 cm³/mol. The first-order valence-corrected chi connectivity index (χ1v) is 7.44. The minimum Gasteiger partial charge on any atom is -0.207 e. The molecule has 1 aromatic carbocycles. The van der Waals surface area contributed by atoms with Gasteiger partial charge in [-0.15, -0.1) is 0 Å². The maximum atomic E-state index is 12.2. The lowest BCUT2D eigenvalue weighted by molar-refractivity contribution is 0.459. The molecule has 1 rings (SSSR count). The molecule has 0 heterocycles. The number of sulfonamides is 1. The quantitative estimate of drug-likeness (QED) is 0.828. The third-order valence-corrected chi connectivity index (χ3v) is 4.94. The van der Waals surface area contributed by atoms with E-state index in [4.69, 9.17) is 11.6 Å². The molecule has 0 saturated heterocycles. The Labute approximate surface area is 108 Å². The van der Waals surface area contributed by atoms with Gasteiger partial charge < -0.3 is 0 Å². The molecule has 0 atom stereocenters. The first kappa shape index (κ1) is 14.5. The van der Waals surface area contributed by atoms with E-state index in [9.17, 15) is 8.42 Å². The summed E-state index contributed by atoms with van der Waals surface area (Å²) in [4.78, 5) is 0.184. The molecule has 96 valence electrons. The minimum absolute atomic E-state index is 0.184. The second-order valence-corrected chi connectivity index (χ2v) is 6.53. The fourth-order valence-corrected chi connectivity index (χ4v) is 3.26. The summed E-state index contributed by atoms with van der Waals surface area (Å²) >= 11 is 5.99. The van der Waals surface area contributed by atoms with Crippen LogP contribution in [0, 0.1) is 6.92 Å². The van der Waals surface area contributed by atoms with Gasteiger partial charge in [0.2, 0.25) is 10.0 Å². The molecule has 0 spiro atoms. The molecule has 0 unspecified atom stereocenters. The highest BCUT2D eigenvalue weighted by atomic mass is 35.5. The summed E-state index contributed by atoms with van der Waals surface area (Å²) in [6.45, 7) is 4.42. The van der Waals surface area contributed by atoms with Crippen molar-refractivity contribution in [3.8, 4) is 0 Å². The zero-order valence-corrected chi connectivity index (χ0v) is 12.0. The second-order valence-electron chi connectivity index (χ2n) is 4.11. The molecule has 0 N–H and O–H groups in total. The van der Waals surface area contributed by atoms with Crippen LogP contribution in [0.5, 0.6) is 0 Å². The maximum Gasteiger partial charge on any atom is 0.244 e. The van der Waals surface area contributed by atoms with E-state index in [2.05, 4.69) is 0 Å². The molecule has 0 aliphatic rings. The molecule has 0 aliphatic heterocycles. The topological polar surface area (TPSA) is 37.4 Å². The Kier molecular flexibility index (Phi) is 4.98. The van der Waals surface area contributed by atoms with E-state index in [1.54, 1.807) is 25.2 Å². The normalized spacial score (nSPS) is 12.1. The molecule has 3 nitrogen and oxygen atoms in total. The Morgan fingerprint density at radius 1 is 1.35 bits per heavy atom. The number of hydrogen-bond donors (Lipinski definition) is 0. The SMILES string of the molecule is CCCCN(C)S(=O)(=O)c1ccc(C)cc1Cl. The van der Waals surface area contributed by atoms with Crippen molar-refractivity contribution in [2.24, 2.45) is 0 Å². The van der Waals surface area contributed by atoms with Crippen molar-refractivity contribution in [1.29, 1.82) is 0 Å². The molecule has 0 aromatic heterocycles. The minimum atomic E-state index is -3.46. The van der Waals surface area contributed by atoms with Gasteiger partial charge in [-0.2, -0.15) is 0 Å².